The maximum absolute atomic E-state index is 12.2. The quantitative estimate of drug-likeness (QED) is 0.813. The zero-order chi connectivity index (χ0) is 13.0. The van der Waals surface area contributed by atoms with Gasteiger partial charge in [0.2, 0.25) is 5.91 Å². The fourth-order valence-electron chi connectivity index (χ4n) is 5.44. The molecule has 0 heterocycles. The standard InChI is InChI=1S/C16H26N2O/c17-9-16(1-2-16)15(19)18-8-14-12-4-10-3-11(6-12)7-13(14)5-10/h10-14H,1-9,17H2,(H,18,19). The lowest BCUT2D eigenvalue weighted by Crippen LogP contribution is -2.50. The first kappa shape index (κ1) is 12.2. The Balaban J connectivity index is 1.37. The van der Waals surface area contributed by atoms with Gasteiger partial charge in [-0.3, -0.25) is 4.79 Å². The minimum atomic E-state index is -0.175. The van der Waals surface area contributed by atoms with Gasteiger partial charge in [-0.2, -0.15) is 0 Å². The summed E-state index contributed by atoms with van der Waals surface area (Å²) in [6, 6.07) is 0. The molecule has 0 aromatic rings. The summed E-state index contributed by atoms with van der Waals surface area (Å²) in [5.41, 5.74) is 5.56. The largest absolute Gasteiger partial charge is 0.355 e. The van der Waals surface area contributed by atoms with E-state index in [1.165, 1.54) is 32.1 Å². The second-order valence-electron chi connectivity index (χ2n) is 7.79. The predicted octanol–water partition coefficient (Wildman–Crippen LogP) is 1.91. The Labute approximate surface area is 115 Å². The summed E-state index contributed by atoms with van der Waals surface area (Å²) < 4.78 is 0. The maximum atomic E-state index is 12.2. The van der Waals surface area contributed by atoms with Gasteiger partial charge < -0.3 is 11.1 Å². The van der Waals surface area contributed by atoms with Gasteiger partial charge >= 0.3 is 0 Å². The number of hydrogen-bond acceptors (Lipinski definition) is 2. The van der Waals surface area contributed by atoms with Crippen LogP contribution in [0.1, 0.15) is 44.9 Å². The van der Waals surface area contributed by atoms with Crippen LogP contribution < -0.4 is 11.1 Å². The summed E-state index contributed by atoms with van der Waals surface area (Å²) in [7, 11) is 0. The van der Waals surface area contributed by atoms with Crippen molar-refractivity contribution in [3.63, 3.8) is 0 Å². The van der Waals surface area contributed by atoms with Crippen LogP contribution in [-0.4, -0.2) is 19.0 Å². The molecule has 5 fully saturated rings. The van der Waals surface area contributed by atoms with Gasteiger partial charge in [0, 0.05) is 13.1 Å². The van der Waals surface area contributed by atoms with E-state index in [0.29, 0.717) is 6.54 Å². The van der Waals surface area contributed by atoms with E-state index in [-0.39, 0.29) is 11.3 Å². The van der Waals surface area contributed by atoms with Crippen molar-refractivity contribution in [2.24, 2.45) is 40.7 Å². The van der Waals surface area contributed by atoms with Gasteiger partial charge in [0.15, 0.2) is 0 Å². The molecule has 5 aliphatic rings. The number of carbonyl (C=O) groups excluding carboxylic acids is 1. The van der Waals surface area contributed by atoms with Crippen LogP contribution in [0.25, 0.3) is 0 Å². The first-order valence-corrected chi connectivity index (χ1v) is 8.18. The van der Waals surface area contributed by atoms with Crippen LogP contribution >= 0.6 is 0 Å². The first-order valence-electron chi connectivity index (χ1n) is 8.18. The molecule has 3 N–H and O–H groups in total. The van der Waals surface area contributed by atoms with Gasteiger partial charge in [-0.25, -0.2) is 0 Å². The number of rotatable bonds is 4. The number of nitrogens with two attached hydrogens (primary N) is 1. The summed E-state index contributed by atoms with van der Waals surface area (Å²) in [4.78, 5) is 12.2. The molecule has 0 atom stereocenters. The van der Waals surface area contributed by atoms with E-state index in [2.05, 4.69) is 5.32 Å². The molecular weight excluding hydrogens is 236 g/mol. The van der Waals surface area contributed by atoms with Crippen LogP contribution in [0.3, 0.4) is 0 Å². The van der Waals surface area contributed by atoms with Crippen molar-refractivity contribution in [2.45, 2.75) is 44.9 Å². The Hall–Kier alpha value is -0.570. The van der Waals surface area contributed by atoms with Crippen molar-refractivity contribution in [3.05, 3.63) is 0 Å². The monoisotopic (exact) mass is 262 g/mol. The molecule has 106 valence electrons. The average Bonchev–Trinajstić information content (AvgIpc) is 3.18. The van der Waals surface area contributed by atoms with Crippen molar-refractivity contribution in [2.75, 3.05) is 13.1 Å². The lowest BCUT2D eigenvalue weighted by atomic mass is 9.52. The topological polar surface area (TPSA) is 55.1 Å². The highest BCUT2D eigenvalue weighted by atomic mass is 16.2. The molecule has 3 nitrogen and oxygen atoms in total. The van der Waals surface area contributed by atoms with E-state index in [1.54, 1.807) is 0 Å². The van der Waals surface area contributed by atoms with Crippen molar-refractivity contribution in [1.82, 2.24) is 5.32 Å². The van der Waals surface area contributed by atoms with Gasteiger partial charge in [-0.15, -0.1) is 0 Å². The molecule has 0 unspecified atom stereocenters. The Bertz CT molecular complexity index is 360. The highest BCUT2D eigenvalue weighted by Gasteiger charge is 2.50. The molecule has 5 rings (SSSR count). The molecule has 5 saturated carbocycles. The number of hydrogen-bond donors (Lipinski definition) is 2. The molecular formula is C16H26N2O. The van der Waals surface area contributed by atoms with Crippen molar-refractivity contribution in [3.8, 4) is 0 Å². The second kappa shape index (κ2) is 4.21. The first-order chi connectivity index (χ1) is 9.20. The SMILES string of the molecule is NCC1(C(=O)NCC2C3CC4CC(C3)CC2C4)CC1. The summed E-state index contributed by atoms with van der Waals surface area (Å²) in [5, 5.41) is 3.25. The molecule has 3 heteroatoms. The predicted molar refractivity (Wildman–Crippen MR) is 74.3 cm³/mol. The summed E-state index contributed by atoms with van der Waals surface area (Å²) in [6.45, 7) is 1.45. The lowest BCUT2D eigenvalue weighted by molar-refractivity contribution is -0.127. The van der Waals surface area contributed by atoms with Gasteiger partial charge in [-0.1, -0.05) is 0 Å². The van der Waals surface area contributed by atoms with E-state index in [4.69, 9.17) is 5.73 Å². The number of nitrogens with one attached hydrogen (secondary N) is 1. The van der Waals surface area contributed by atoms with Crippen LogP contribution in [0, 0.1) is 35.0 Å². The third-order valence-corrected chi connectivity index (χ3v) is 6.65. The fourth-order valence-corrected chi connectivity index (χ4v) is 5.44. The Kier molecular flexibility index (Phi) is 2.70. The highest BCUT2D eigenvalue weighted by Crippen LogP contribution is 2.56. The van der Waals surface area contributed by atoms with Crippen LogP contribution in [0.4, 0.5) is 0 Å². The average molecular weight is 262 g/mol. The van der Waals surface area contributed by atoms with Gasteiger partial charge in [0.05, 0.1) is 5.41 Å². The second-order valence-corrected chi connectivity index (χ2v) is 7.79. The maximum Gasteiger partial charge on any atom is 0.227 e. The molecule has 0 aromatic heterocycles. The molecule has 1 amide bonds. The number of amides is 1. The van der Waals surface area contributed by atoms with Crippen LogP contribution in [0.5, 0.6) is 0 Å². The van der Waals surface area contributed by atoms with Gasteiger partial charge in [0.1, 0.15) is 0 Å². The summed E-state index contributed by atoms with van der Waals surface area (Å²) in [5.74, 6) is 4.87. The van der Waals surface area contributed by atoms with E-state index in [0.717, 1.165) is 49.0 Å². The van der Waals surface area contributed by atoms with Crippen LogP contribution in [0.15, 0.2) is 0 Å². The summed E-state index contributed by atoms with van der Waals surface area (Å²) in [6.07, 6.45) is 9.26. The van der Waals surface area contributed by atoms with Crippen LogP contribution in [-0.2, 0) is 4.79 Å². The van der Waals surface area contributed by atoms with E-state index < -0.39 is 0 Å². The molecule has 0 aliphatic heterocycles. The van der Waals surface area contributed by atoms with Crippen molar-refractivity contribution >= 4 is 5.91 Å². The smallest absolute Gasteiger partial charge is 0.227 e. The molecule has 0 radical (unpaired) electrons. The van der Waals surface area contributed by atoms with E-state index >= 15 is 0 Å². The zero-order valence-corrected chi connectivity index (χ0v) is 11.7. The van der Waals surface area contributed by atoms with E-state index in [1.807, 2.05) is 0 Å². The normalized spacial score (nSPS) is 45.2. The zero-order valence-electron chi connectivity index (χ0n) is 11.7. The minimum Gasteiger partial charge on any atom is -0.355 e. The fraction of sp³-hybridized carbons (Fsp3) is 0.938. The molecule has 4 bridgehead atoms. The summed E-state index contributed by atoms with van der Waals surface area (Å²) >= 11 is 0. The Morgan fingerprint density at radius 3 is 2.11 bits per heavy atom. The van der Waals surface area contributed by atoms with E-state index in [9.17, 15) is 4.79 Å². The molecule has 0 spiro atoms. The third kappa shape index (κ3) is 1.93. The van der Waals surface area contributed by atoms with Gasteiger partial charge in [-0.05, 0) is 74.5 Å². The molecule has 5 aliphatic carbocycles. The lowest BCUT2D eigenvalue weighted by Gasteiger charge is -2.54. The highest BCUT2D eigenvalue weighted by molar-refractivity contribution is 5.85. The third-order valence-electron chi connectivity index (χ3n) is 6.65. The van der Waals surface area contributed by atoms with Crippen molar-refractivity contribution in [1.29, 1.82) is 0 Å². The molecule has 0 aromatic carbocycles. The van der Waals surface area contributed by atoms with Crippen LogP contribution in [0.2, 0.25) is 0 Å². The molecule has 19 heavy (non-hydrogen) atoms. The Morgan fingerprint density at radius 1 is 1.05 bits per heavy atom. The minimum absolute atomic E-state index is 0.175. The Morgan fingerprint density at radius 2 is 1.63 bits per heavy atom. The van der Waals surface area contributed by atoms with Crippen molar-refractivity contribution < 1.29 is 4.79 Å². The van der Waals surface area contributed by atoms with Gasteiger partial charge in [0.25, 0.3) is 0 Å². The molecule has 0 saturated heterocycles. The number of carbonyl (C=O) groups is 1.